The smallest absolute Gasteiger partial charge is 0.230 e. The molecule has 0 radical (unpaired) electrons. The first-order valence-corrected chi connectivity index (χ1v) is 7.01. The van der Waals surface area contributed by atoms with E-state index < -0.39 is 35.3 Å². The van der Waals surface area contributed by atoms with Crippen molar-refractivity contribution < 1.29 is 18.0 Å². The molecule has 0 saturated heterocycles. The number of benzene rings is 1. The average Bonchev–Trinajstić information content (AvgIpc) is 2.79. The number of H-pyrrole nitrogens is 1. The van der Waals surface area contributed by atoms with Gasteiger partial charge in [0.2, 0.25) is 5.91 Å². The van der Waals surface area contributed by atoms with Crippen LogP contribution in [0.3, 0.4) is 0 Å². The van der Waals surface area contributed by atoms with Crippen LogP contribution in [0.25, 0.3) is 0 Å². The molecule has 1 heterocycles. The zero-order chi connectivity index (χ0) is 15.7. The van der Waals surface area contributed by atoms with Gasteiger partial charge in [-0.15, -0.1) is 0 Å². The SMILES string of the molecule is O=C(Cc1c(F)cc(F)cc1F)Nc1cc(C2CCC2)[nH]n1. The fourth-order valence-electron chi connectivity index (χ4n) is 2.42. The summed E-state index contributed by atoms with van der Waals surface area (Å²) in [6.07, 6.45) is 2.82. The van der Waals surface area contributed by atoms with E-state index in [4.69, 9.17) is 0 Å². The molecule has 1 amide bonds. The van der Waals surface area contributed by atoms with E-state index in [9.17, 15) is 18.0 Å². The van der Waals surface area contributed by atoms with Gasteiger partial charge in [0.05, 0.1) is 6.42 Å². The van der Waals surface area contributed by atoms with Crippen molar-refractivity contribution in [2.75, 3.05) is 5.32 Å². The zero-order valence-corrected chi connectivity index (χ0v) is 11.6. The number of halogens is 3. The number of aromatic amines is 1. The van der Waals surface area contributed by atoms with Crippen molar-refractivity contribution >= 4 is 11.7 Å². The van der Waals surface area contributed by atoms with Gasteiger partial charge in [-0.05, 0) is 12.8 Å². The Balaban J connectivity index is 1.66. The lowest BCUT2D eigenvalue weighted by Crippen LogP contribution is -2.16. The number of carbonyl (C=O) groups is 1. The highest BCUT2D eigenvalue weighted by atomic mass is 19.1. The van der Waals surface area contributed by atoms with E-state index in [2.05, 4.69) is 15.5 Å². The van der Waals surface area contributed by atoms with Crippen molar-refractivity contribution in [1.82, 2.24) is 10.2 Å². The molecule has 1 aromatic heterocycles. The monoisotopic (exact) mass is 309 g/mol. The summed E-state index contributed by atoms with van der Waals surface area (Å²) in [4.78, 5) is 11.8. The molecule has 4 nitrogen and oxygen atoms in total. The Morgan fingerprint density at radius 2 is 1.91 bits per heavy atom. The summed E-state index contributed by atoms with van der Waals surface area (Å²) in [6, 6.07) is 2.82. The lowest BCUT2D eigenvalue weighted by molar-refractivity contribution is -0.115. The van der Waals surface area contributed by atoms with Crippen molar-refractivity contribution in [3.63, 3.8) is 0 Å². The van der Waals surface area contributed by atoms with Crippen LogP contribution in [0.15, 0.2) is 18.2 Å². The molecular weight excluding hydrogens is 295 g/mol. The van der Waals surface area contributed by atoms with Crippen molar-refractivity contribution in [2.45, 2.75) is 31.6 Å². The Kier molecular flexibility index (Phi) is 3.87. The second kappa shape index (κ2) is 5.82. The topological polar surface area (TPSA) is 57.8 Å². The average molecular weight is 309 g/mol. The Labute approximate surface area is 124 Å². The van der Waals surface area contributed by atoms with Crippen LogP contribution in [0.4, 0.5) is 19.0 Å². The molecule has 1 aliphatic carbocycles. The van der Waals surface area contributed by atoms with Gasteiger partial charge in [0.15, 0.2) is 5.82 Å². The lowest BCUT2D eigenvalue weighted by Gasteiger charge is -2.23. The summed E-state index contributed by atoms with van der Waals surface area (Å²) in [6.45, 7) is 0. The highest BCUT2D eigenvalue weighted by Gasteiger charge is 2.22. The van der Waals surface area contributed by atoms with Gasteiger partial charge in [0.25, 0.3) is 0 Å². The summed E-state index contributed by atoms with van der Waals surface area (Å²) in [5.74, 6) is -3.04. The molecule has 0 atom stereocenters. The highest BCUT2D eigenvalue weighted by Crippen LogP contribution is 2.35. The van der Waals surface area contributed by atoms with Gasteiger partial charge in [-0.25, -0.2) is 13.2 Å². The normalized spacial score (nSPS) is 14.7. The van der Waals surface area contributed by atoms with E-state index in [0.717, 1.165) is 18.5 Å². The van der Waals surface area contributed by atoms with Crippen LogP contribution >= 0.6 is 0 Å². The molecule has 3 rings (SSSR count). The van der Waals surface area contributed by atoms with Crippen LogP contribution in [0, 0.1) is 17.5 Å². The summed E-state index contributed by atoms with van der Waals surface area (Å²) >= 11 is 0. The van der Waals surface area contributed by atoms with Crippen LogP contribution in [0.2, 0.25) is 0 Å². The van der Waals surface area contributed by atoms with E-state index in [1.54, 1.807) is 6.07 Å². The van der Waals surface area contributed by atoms with E-state index >= 15 is 0 Å². The second-order valence-corrected chi connectivity index (χ2v) is 5.41. The molecule has 116 valence electrons. The van der Waals surface area contributed by atoms with E-state index in [1.807, 2.05) is 0 Å². The molecule has 2 aromatic rings. The minimum absolute atomic E-state index is 0.315. The number of nitrogens with zero attached hydrogens (tertiary/aromatic N) is 1. The van der Waals surface area contributed by atoms with Crippen molar-refractivity contribution in [3.05, 3.63) is 46.9 Å². The molecule has 1 aromatic carbocycles. The number of hydrogen-bond acceptors (Lipinski definition) is 2. The molecule has 0 aliphatic heterocycles. The quantitative estimate of drug-likeness (QED) is 0.910. The number of anilines is 1. The van der Waals surface area contributed by atoms with Crippen LogP contribution in [0.1, 0.15) is 36.4 Å². The molecular formula is C15H14F3N3O. The Hall–Kier alpha value is -2.31. The van der Waals surface area contributed by atoms with E-state index in [-0.39, 0.29) is 0 Å². The third-order valence-corrected chi connectivity index (χ3v) is 3.85. The Bertz CT molecular complexity index is 687. The Morgan fingerprint density at radius 1 is 1.23 bits per heavy atom. The first kappa shape index (κ1) is 14.6. The maximum atomic E-state index is 13.5. The van der Waals surface area contributed by atoms with Gasteiger partial charge in [-0.1, -0.05) is 6.42 Å². The highest BCUT2D eigenvalue weighted by molar-refractivity contribution is 5.91. The van der Waals surface area contributed by atoms with E-state index in [1.165, 1.54) is 6.42 Å². The van der Waals surface area contributed by atoms with Crippen LogP contribution < -0.4 is 5.32 Å². The lowest BCUT2D eigenvalue weighted by atomic mass is 9.83. The third kappa shape index (κ3) is 2.98. The molecule has 2 N–H and O–H groups in total. The van der Waals surface area contributed by atoms with E-state index in [0.29, 0.717) is 23.9 Å². The van der Waals surface area contributed by atoms with Gasteiger partial charge in [-0.2, -0.15) is 5.10 Å². The minimum atomic E-state index is -1.08. The molecule has 1 fully saturated rings. The molecule has 22 heavy (non-hydrogen) atoms. The van der Waals surface area contributed by atoms with Crippen molar-refractivity contribution in [1.29, 1.82) is 0 Å². The standard InChI is InChI=1S/C15H14F3N3O/c16-9-4-11(17)10(12(18)5-9)6-15(22)19-14-7-13(20-21-14)8-2-1-3-8/h4-5,7-8H,1-3,6H2,(H2,19,20,21,22). The zero-order valence-electron chi connectivity index (χ0n) is 11.6. The summed E-state index contributed by atoms with van der Waals surface area (Å²) in [5.41, 5.74) is 0.481. The molecule has 0 spiro atoms. The third-order valence-electron chi connectivity index (χ3n) is 3.85. The van der Waals surface area contributed by atoms with Crippen LogP contribution in [-0.2, 0) is 11.2 Å². The summed E-state index contributed by atoms with van der Waals surface area (Å²) in [5, 5.41) is 9.27. The summed E-state index contributed by atoms with van der Waals surface area (Å²) < 4.78 is 39.8. The van der Waals surface area contributed by atoms with Gasteiger partial charge in [0.1, 0.15) is 17.5 Å². The first-order chi connectivity index (χ1) is 10.5. The first-order valence-electron chi connectivity index (χ1n) is 7.01. The second-order valence-electron chi connectivity index (χ2n) is 5.41. The van der Waals surface area contributed by atoms with Crippen molar-refractivity contribution in [3.8, 4) is 0 Å². The predicted molar refractivity (Wildman–Crippen MR) is 73.8 cm³/mol. The van der Waals surface area contributed by atoms with Gasteiger partial charge in [0, 0.05) is 35.4 Å². The number of hydrogen-bond donors (Lipinski definition) is 2. The Morgan fingerprint density at radius 3 is 2.50 bits per heavy atom. The molecule has 7 heteroatoms. The fourth-order valence-corrected chi connectivity index (χ4v) is 2.42. The fraction of sp³-hybridized carbons (Fsp3) is 0.333. The molecule has 1 aliphatic rings. The number of carbonyl (C=O) groups excluding carboxylic acids is 1. The van der Waals surface area contributed by atoms with Crippen LogP contribution in [-0.4, -0.2) is 16.1 Å². The predicted octanol–water partition coefficient (Wildman–Crippen LogP) is 3.28. The number of rotatable bonds is 4. The number of amides is 1. The number of aromatic nitrogens is 2. The molecule has 0 unspecified atom stereocenters. The van der Waals surface area contributed by atoms with Crippen LogP contribution in [0.5, 0.6) is 0 Å². The van der Waals surface area contributed by atoms with Gasteiger partial charge >= 0.3 is 0 Å². The molecule has 0 bridgehead atoms. The maximum Gasteiger partial charge on any atom is 0.230 e. The van der Waals surface area contributed by atoms with Crippen molar-refractivity contribution in [2.24, 2.45) is 0 Å². The number of nitrogens with one attached hydrogen (secondary N) is 2. The summed E-state index contributed by atoms with van der Waals surface area (Å²) in [7, 11) is 0. The van der Waals surface area contributed by atoms with Gasteiger partial charge < -0.3 is 5.32 Å². The molecule has 1 saturated carbocycles. The largest absolute Gasteiger partial charge is 0.309 e. The van der Waals surface area contributed by atoms with Gasteiger partial charge in [-0.3, -0.25) is 9.89 Å². The maximum absolute atomic E-state index is 13.5. The minimum Gasteiger partial charge on any atom is -0.309 e.